The molecule has 0 aliphatic heterocycles. The number of hydrogen-bond acceptors (Lipinski definition) is 4. The second kappa shape index (κ2) is 12.4. The fraction of sp³-hybridized carbons (Fsp3) is 0.571. The van der Waals surface area contributed by atoms with Crippen LogP contribution in [0.5, 0.6) is 0 Å². The van der Waals surface area contributed by atoms with Crippen LogP contribution in [0.1, 0.15) is 38.1 Å². The predicted octanol–water partition coefficient (Wildman–Crippen LogP) is 2.78. The Morgan fingerprint density at radius 2 is 2.14 bits per heavy atom. The fourth-order valence-corrected chi connectivity index (χ4v) is 2.74. The molecule has 0 bridgehead atoms. The van der Waals surface area contributed by atoms with Crippen LogP contribution in [0.4, 0.5) is 0 Å². The molecule has 1 fully saturated rings. The van der Waals surface area contributed by atoms with Crippen LogP contribution in [0, 0.1) is 42.8 Å². The minimum Gasteiger partial charge on any atom is -0.678 e. The van der Waals surface area contributed by atoms with Gasteiger partial charge in [-0.3, -0.25) is 11.0 Å². The molecule has 7 heteroatoms. The molecule has 1 heterocycles. The number of nitrogens with zero attached hydrogens (tertiary/aromatic N) is 2. The Hall–Kier alpha value is -0.157. The van der Waals surface area contributed by atoms with Crippen LogP contribution in [0.3, 0.4) is 0 Å². The maximum atomic E-state index is 10.6. The van der Waals surface area contributed by atoms with Crippen molar-refractivity contribution in [2.45, 2.75) is 38.1 Å². The summed E-state index contributed by atoms with van der Waals surface area (Å²) < 4.78 is 6.79. The van der Waals surface area contributed by atoms with Gasteiger partial charge < -0.3 is 21.2 Å². The molecule has 0 aromatic carbocycles. The monoisotopic (exact) mass is 577 g/mol. The van der Waals surface area contributed by atoms with Gasteiger partial charge in [-0.15, -0.1) is 6.42 Å². The van der Waals surface area contributed by atoms with Gasteiger partial charge in [-0.05, 0) is 34.7 Å². The minimum absolute atomic E-state index is 0. The smallest absolute Gasteiger partial charge is 0.0632 e. The van der Waals surface area contributed by atoms with Gasteiger partial charge in [0.1, 0.15) is 0 Å². The molecule has 21 heavy (non-hydrogen) atoms. The van der Waals surface area contributed by atoms with Gasteiger partial charge in [0.05, 0.1) is 10.7 Å². The first-order valence-corrected chi connectivity index (χ1v) is 7.35. The van der Waals surface area contributed by atoms with Crippen molar-refractivity contribution < 1.29 is 44.3 Å². The van der Waals surface area contributed by atoms with E-state index >= 15 is 0 Å². The average Bonchev–Trinajstić information content (AvgIpc) is 3.09. The summed E-state index contributed by atoms with van der Waals surface area (Å²) in [5, 5.41) is 4.27. The van der Waals surface area contributed by atoms with Crippen molar-refractivity contribution in [1.29, 1.82) is 0 Å². The molecule has 1 aromatic rings. The summed E-state index contributed by atoms with van der Waals surface area (Å²) >= 11 is 3.38. The molecule has 2 rings (SSSR count). The van der Waals surface area contributed by atoms with Gasteiger partial charge in [0, 0.05) is 42.2 Å². The number of carbonyl (C=O) groups excluding carboxylic acids is 2. The summed E-state index contributed by atoms with van der Waals surface area (Å²) in [6, 6.07) is 0.205. The number of hydrogen-bond donors (Lipinski definition) is 0. The van der Waals surface area contributed by atoms with Crippen molar-refractivity contribution in [2.75, 3.05) is 6.61 Å². The van der Waals surface area contributed by atoms with Gasteiger partial charge in [-0.2, -0.15) is 5.10 Å². The van der Waals surface area contributed by atoms with Crippen LogP contribution in [0.25, 0.3) is 0 Å². The molecule has 0 amide bonds. The fourth-order valence-electron chi connectivity index (χ4n) is 2.44. The van der Waals surface area contributed by atoms with Crippen LogP contribution in [-0.4, -0.2) is 29.1 Å². The first-order chi connectivity index (χ1) is 9.72. The van der Waals surface area contributed by atoms with Crippen molar-refractivity contribution in [2.24, 2.45) is 5.92 Å². The van der Waals surface area contributed by atoms with E-state index in [9.17, 15) is 4.79 Å². The summed E-state index contributed by atoms with van der Waals surface area (Å²) in [4.78, 5) is 19.6. The molecule has 1 aromatic heterocycles. The zero-order valence-electron chi connectivity index (χ0n) is 11.7. The molecule has 0 N–H and O–H groups in total. The van der Waals surface area contributed by atoms with Crippen molar-refractivity contribution in [3.05, 3.63) is 23.8 Å². The molecule has 1 radical (unpaired) electrons. The van der Waals surface area contributed by atoms with E-state index in [1.165, 1.54) is 32.2 Å². The van der Waals surface area contributed by atoms with E-state index < -0.39 is 0 Å². The normalized spacial score (nSPS) is 15.3. The Morgan fingerprint density at radius 3 is 2.52 bits per heavy atom. The number of aromatic nitrogens is 2. The predicted molar refractivity (Wildman–Crippen MR) is 78.2 cm³/mol. The van der Waals surface area contributed by atoms with E-state index in [0.29, 0.717) is 12.3 Å². The standard InChI is InChI=1S/C11H14BrN2O.C3H4O2.Np/c12-10-7-13-14(8-10)11(5-6-15)9-3-1-2-4-9;1-2-5-3-4;/h7-9,11H,1-5H2;1-2H2;/q-1;-2;/t11-;;/m1../s1. The average molecular weight is 579 g/mol. The first-order valence-electron chi connectivity index (χ1n) is 6.55. The molecule has 0 spiro atoms. The largest absolute Gasteiger partial charge is 0.678 e. The molecule has 1 saturated carbocycles. The van der Waals surface area contributed by atoms with E-state index in [2.05, 4.69) is 32.7 Å². The van der Waals surface area contributed by atoms with E-state index in [1.807, 2.05) is 17.2 Å². The molecule has 0 saturated heterocycles. The second-order valence-electron chi connectivity index (χ2n) is 4.53. The topological polar surface area (TPSA) is 61.2 Å². The van der Waals surface area contributed by atoms with Gasteiger partial charge in [0.2, 0.25) is 0 Å². The van der Waals surface area contributed by atoms with E-state index in [4.69, 9.17) is 4.79 Å². The van der Waals surface area contributed by atoms with Gasteiger partial charge in [-0.25, -0.2) is 0 Å². The van der Waals surface area contributed by atoms with Crippen LogP contribution in [0.15, 0.2) is 16.9 Å². The van der Waals surface area contributed by atoms with Crippen LogP contribution in [-0.2, 0) is 14.3 Å². The third kappa shape index (κ3) is 7.59. The quantitative estimate of drug-likeness (QED) is 0.487. The second-order valence-corrected chi connectivity index (χ2v) is 5.45. The molecular weight excluding hydrogens is 561 g/mol. The van der Waals surface area contributed by atoms with Gasteiger partial charge in [0.15, 0.2) is 0 Å². The molecular formula is C14H18BrN2NpO3-3. The summed E-state index contributed by atoms with van der Waals surface area (Å²) in [5.41, 5.74) is 0. The van der Waals surface area contributed by atoms with Crippen LogP contribution in [0.2, 0.25) is 0 Å². The summed E-state index contributed by atoms with van der Waals surface area (Å²) in [5.74, 6) is 0.596. The van der Waals surface area contributed by atoms with Crippen molar-refractivity contribution in [1.82, 2.24) is 9.78 Å². The van der Waals surface area contributed by atoms with Gasteiger partial charge in [-0.1, -0.05) is 25.9 Å². The summed E-state index contributed by atoms with van der Waals surface area (Å²) in [6.45, 7) is 4.57. The zero-order valence-corrected chi connectivity index (χ0v) is 17.0. The maximum absolute atomic E-state index is 10.6. The van der Waals surface area contributed by atoms with Crippen LogP contribution >= 0.6 is 15.9 Å². The minimum atomic E-state index is 0. The summed E-state index contributed by atoms with van der Waals surface area (Å²) in [6.07, 6.45) is 11.2. The Kier molecular flexibility index (Phi) is 12.3. The third-order valence-electron chi connectivity index (χ3n) is 3.31. The van der Waals surface area contributed by atoms with Crippen molar-refractivity contribution in [3.63, 3.8) is 0 Å². The molecule has 117 valence electrons. The molecule has 5 nitrogen and oxygen atoms in total. The Morgan fingerprint density at radius 1 is 1.48 bits per heavy atom. The number of rotatable bonds is 6. The molecule has 1 atom stereocenters. The van der Waals surface area contributed by atoms with Crippen molar-refractivity contribution in [3.8, 4) is 0 Å². The van der Waals surface area contributed by atoms with Gasteiger partial charge in [0.25, 0.3) is 0 Å². The van der Waals surface area contributed by atoms with E-state index in [0.717, 1.165) is 4.47 Å². The first kappa shape index (κ1) is 20.8. The van der Waals surface area contributed by atoms with E-state index in [-0.39, 0.29) is 42.6 Å². The number of ether oxygens (including phenoxy) is 1. The van der Waals surface area contributed by atoms with Crippen molar-refractivity contribution >= 4 is 28.7 Å². The van der Waals surface area contributed by atoms with Crippen LogP contribution < -0.4 is 0 Å². The summed E-state index contributed by atoms with van der Waals surface area (Å²) in [7, 11) is 0. The Balaban J connectivity index is 0.000000583. The zero-order chi connectivity index (χ0) is 14.8. The number of halogens is 1. The molecule has 1 aliphatic carbocycles. The van der Waals surface area contributed by atoms with E-state index in [1.54, 1.807) is 6.20 Å². The van der Waals surface area contributed by atoms with Gasteiger partial charge >= 0.3 is 0 Å². The molecule has 1 aliphatic rings. The third-order valence-corrected chi connectivity index (χ3v) is 3.72. The maximum Gasteiger partial charge on any atom is 0.0632 e. The Labute approximate surface area is 156 Å². The SMILES string of the molecule is O=[C-]C[C@H](C1CCCC1)n1cc(Br)cn1.[CH2-]CO[C-]=O.[Np]. The Bertz CT molecular complexity index is 409. The molecule has 0 unspecified atom stereocenters.